The van der Waals surface area contributed by atoms with Crippen molar-refractivity contribution in [2.24, 2.45) is 5.92 Å². The number of hydrogen-bond donors (Lipinski definition) is 2. The van der Waals surface area contributed by atoms with Crippen molar-refractivity contribution in [1.29, 1.82) is 0 Å². The van der Waals surface area contributed by atoms with Crippen molar-refractivity contribution in [3.63, 3.8) is 0 Å². The lowest BCUT2D eigenvalue weighted by molar-refractivity contribution is -0.126. The summed E-state index contributed by atoms with van der Waals surface area (Å²) < 4.78 is 0. The first kappa shape index (κ1) is 20.4. The van der Waals surface area contributed by atoms with E-state index in [1.165, 1.54) is 0 Å². The summed E-state index contributed by atoms with van der Waals surface area (Å²) in [4.78, 5) is 26.7. The third kappa shape index (κ3) is 6.36. The molecule has 5 nitrogen and oxygen atoms in total. The third-order valence-electron chi connectivity index (χ3n) is 5.03. The molecule has 0 unspecified atom stereocenters. The lowest BCUT2D eigenvalue weighted by atomic mass is 9.95. The summed E-state index contributed by atoms with van der Waals surface area (Å²) in [5, 5.41) is 6.50. The first-order valence-electron chi connectivity index (χ1n) is 9.69. The van der Waals surface area contributed by atoms with E-state index in [4.69, 9.17) is 11.6 Å². The number of piperidine rings is 1. The monoisotopic (exact) mass is 399 g/mol. The van der Waals surface area contributed by atoms with Crippen LogP contribution in [0.1, 0.15) is 24.8 Å². The van der Waals surface area contributed by atoms with Crippen molar-refractivity contribution in [3.8, 4) is 0 Å². The first-order chi connectivity index (χ1) is 13.6. The highest BCUT2D eigenvalue weighted by Crippen LogP contribution is 2.18. The minimum absolute atomic E-state index is 0.0232. The number of carbonyl (C=O) groups is 2. The SMILES string of the molecule is O=C(CCN1CCC(C(=O)NCc2ccccc2)CC1)Nc1cccc(Cl)c1. The van der Waals surface area contributed by atoms with Gasteiger partial charge in [-0.2, -0.15) is 0 Å². The molecule has 0 atom stereocenters. The lowest BCUT2D eigenvalue weighted by Crippen LogP contribution is -2.41. The third-order valence-corrected chi connectivity index (χ3v) is 5.27. The summed E-state index contributed by atoms with van der Waals surface area (Å²) >= 11 is 5.93. The molecule has 2 aromatic rings. The van der Waals surface area contributed by atoms with E-state index in [2.05, 4.69) is 15.5 Å². The summed E-state index contributed by atoms with van der Waals surface area (Å²) in [6, 6.07) is 17.1. The number of carbonyl (C=O) groups excluding carboxylic acids is 2. The summed E-state index contributed by atoms with van der Waals surface area (Å²) in [6.45, 7) is 2.95. The number of nitrogens with zero attached hydrogens (tertiary/aromatic N) is 1. The molecule has 1 aliphatic heterocycles. The van der Waals surface area contributed by atoms with E-state index in [0.717, 1.165) is 31.5 Å². The van der Waals surface area contributed by atoms with Crippen LogP contribution in [0.4, 0.5) is 5.69 Å². The molecule has 2 aromatic carbocycles. The smallest absolute Gasteiger partial charge is 0.225 e. The number of hydrogen-bond acceptors (Lipinski definition) is 3. The topological polar surface area (TPSA) is 61.4 Å². The molecule has 0 aliphatic carbocycles. The molecule has 2 amide bonds. The van der Waals surface area contributed by atoms with Gasteiger partial charge in [0, 0.05) is 36.1 Å². The van der Waals surface area contributed by atoms with Gasteiger partial charge in [0.2, 0.25) is 11.8 Å². The molecule has 1 heterocycles. The fourth-order valence-electron chi connectivity index (χ4n) is 3.40. The zero-order valence-electron chi connectivity index (χ0n) is 15.9. The van der Waals surface area contributed by atoms with Crippen LogP contribution in [0.25, 0.3) is 0 Å². The highest BCUT2D eigenvalue weighted by Gasteiger charge is 2.24. The van der Waals surface area contributed by atoms with Gasteiger partial charge in [-0.1, -0.05) is 48.0 Å². The fraction of sp³-hybridized carbons (Fsp3) is 0.364. The van der Waals surface area contributed by atoms with Crippen LogP contribution in [0.2, 0.25) is 5.02 Å². The van der Waals surface area contributed by atoms with Crippen LogP contribution in [0.15, 0.2) is 54.6 Å². The molecule has 6 heteroatoms. The van der Waals surface area contributed by atoms with E-state index < -0.39 is 0 Å². The Morgan fingerprint density at radius 3 is 2.50 bits per heavy atom. The van der Waals surface area contributed by atoms with Gasteiger partial charge in [0.1, 0.15) is 0 Å². The van der Waals surface area contributed by atoms with Crippen LogP contribution in [-0.4, -0.2) is 36.3 Å². The van der Waals surface area contributed by atoms with Crippen LogP contribution < -0.4 is 10.6 Å². The Morgan fingerprint density at radius 1 is 1.04 bits per heavy atom. The Hall–Kier alpha value is -2.37. The molecule has 1 aliphatic rings. The second kappa shape index (κ2) is 10.2. The maximum absolute atomic E-state index is 12.4. The number of amides is 2. The van der Waals surface area contributed by atoms with E-state index in [1.54, 1.807) is 12.1 Å². The van der Waals surface area contributed by atoms with Gasteiger partial charge >= 0.3 is 0 Å². The minimum atomic E-state index is -0.0232. The van der Waals surface area contributed by atoms with Crippen molar-refractivity contribution >= 4 is 29.1 Å². The van der Waals surface area contributed by atoms with E-state index in [-0.39, 0.29) is 17.7 Å². The molecule has 1 saturated heterocycles. The summed E-state index contributed by atoms with van der Waals surface area (Å²) in [5.41, 5.74) is 1.82. The molecule has 1 fully saturated rings. The van der Waals surface area contributed by atoms with Crippen LogP contribution in [0.3, 0.4) is 0 Å². The van der Waals surface area contributed by atoms with Crippen LogP contribution in [-0.2, 0) is 16.1 Å². The summed E-state index contributed by atoms with van der Waals surface area (Å²) in [5.74, 6) is 0.160. The molecule has 0 saturated carbocycles. The van der Waals surface area contributed by atoms with Crippen LogP contribution in [0.5, 0.6) is 0 Å². The Balaban J connectivity index is 1.34. The Bertz CT molecular complexity index is 789. The van der Waals surface area contributed by atoms with Crippen molar-refractivity contribution < 1.29 is 9.59 Å². The number of benzene rings is 2. The van der Waals surface area contributed by atoms with Gasteiger partial charge in [-0.3, -0.25) is 9.59 Å². The van der Waals surface area contributed by atoms with Gasteiger partial charge in [0.15, 0.2) is 0 Å². The van der Waals surface area contributed by atoms with E-state index >= 15 is 0 Å². The van der Waals surface area contributed by atoms with Gasteiger partial charge in [0.05, 0.1) is 0 Å². The van der Waals surface area contributed by atoms with Crippen molar-refractivity contribution in [2.75, 3.05) is 25.0 Å². The fourth-order valence-corrected chi connectivity index (χ4v) is 3.59. The van der Waals surface area contributed by atoms with E-state index in [9.17, 15) is 9.59 Å². The van der Waals surface area contributed by atoms with E-state index in [1.807, 2.05) is 42.5 Å². The maximum atomic E-state index is 12.4. The van der Waals surface area contributed by atoms with E-state index in [0.29, 0.717) is 30.2 Å². The molecule has 2 N–H and O–H groups in total. The van der Waals surface area contributed by atoms with Crippen molar-refractivity contribution in [1.82, 2.24) is 10.2 Å². The van der Waals surface area contributed by atoms with Gasteiger partial charge in [-0.15, -0.1) is 0 Å². The quantitative estimate of drug-likeness (QED) is 0.746. The predicted octanol–water partition coefficient (Wildman–Crippen LogP) is 3.70. The second-order valence-electron chi connectivity index (χ2n) is 7.13. The minimum Gasteiger partial charge on any atom is -0.352 e. The number of anilines is 1. The number of halogens is 1. The normalized spacial score (nSPS) is 15.2. The Morgan fingerprint density at radius 2 is 1.79 bits per heavy atom. The predicted molar refractivity (Wildman–Crippen MR) is 112 cm³/mol. The number of likely N-dealkylation sites (tertiary alicyclic amines) is 1. The highest BCUT2D eigenvalue weighted by atomic mass is 35.5. The van der Waals surface area contributed by atoms with Gasteiger partial charge in [-0.05, 0) is 49.7 Å². The number of rotatable bonds is 7. The average Bonchev–Trinajstić information content (AvgIpc) is 2.72. The molecule has 3 rings (SSSR count). The van der Waals surface area contributed by atoms with Gasteiger partial charge < -0.3 is 15.5 Å². The molecular formula is C22H26ClN3O2. The molecule has 0 bridgehead atoms. The van der Waals surface area contributed by atoms with Gasteiger partial charge in [-0.25, -0.2) is 0 Å². The van der Waals surface area contributed by atoms with Crippen LogP contribution >= 0.6 is 11.6 Å². The summed E-state index contributed by atoms with van der Waals surface area (Å²) in [7, 11) is 0. The molecular weight excluding hydrogens is 374 g/mol. The van der Waals surface area contributed by atoms with Gasteiger partial charge in [0.25, 0.3) is 0 Å². The van der Waals surface area contributed by atoms with Crippen molar-refractivity contribution in [3.05, 3.63) is 65.2 Å². The Kier molecular flexibility index (Phi) is 7.46. The molecule has 148 valence electrons. The van der Waals surface area contributed by atoms with Crippen molar-refractivity contribution in [2.45, 2.75) is 25.8 Å². The molecule has 0 radical (unpaired) electrons. The highest BCUT2D eigenvalue weighted by molar-refractivity contribution is 6.30. The largest absolute Gasteiger partial charge is 0.352 e. The lowest BCUT2D eigenvalue weighted by Gasteiger charge is -2.31. The molecule has 0 spiro atoms. The summed E-state index contributed by atoms with van der Waals surface area (Å²) in [6.07, 6.45) is 2.09. The van der Waals surface area contributed by atoms with Crippen LogP contribution in [0, 0.1) is 5.92 Å². The number of nitrogens with one attached hydrogen (secondary N) is 2. The zero-order valence-corrected chi connectivity index (χ0v) is 16.6. The Labute approximate surface area is 171 Å². The zero-order chi connectivity index (χ0) is 19.8. The molecule has 28 heavy (non-hydrogen) atoms. The standard InChI is InChI=1S/C22H26ClN3O2/c23-19-7-4-8-20(15-19)25-21(27)11-14-26-12-9-18(10-13-26)22(28)24-16-17-5-2-1-3-6-17/h1-8,15,18H,9-14,16H2,(H,24,28)(H,25,27). The first-order valence-corrected chi connectivity index (χ1v) is 10.1. The average molecular weight is 400 g/mol. The molecule has 0 aromatic heterocycles. The maximum Gasteiger partial charge on any atom is 0.225 e. The second-order valence-corrected chi connectivity index (χ2v) is 7.56.